The second kappa shape index (κ2) is 6.29. The van der Waals surface area contributed by atoms with Gasteiger partial charge >= 0.3 is 6.18 Å². The molecule has 0 amide bonds. The summed E-state index contributed by atoms with van der Waals surface area (Å²) in [4.78, 5) is 7.40. The van der Waals surface area contributed by atoms with Gasteiger partial charge in [-0.15, -0.1) is 0 Å². The molecule has 9 heteroatoms. The average molecular weight is 354 g/mol. The first kappa shape index (κ1) is 16.2. The van der Waals surface area contributed by atoms with Crippen LogP contribution >= 0.6 is 35.0 Å². The SMILES string of the molecule is CNc1cc(Sc2cc(Cl)ccc2Cl)nc(C(F)(F)F)n1. The van der Waals surface area contributed by atoms with Crippen LogP contribution in [0.2, 0.25) is 10.0 Å². The molecule has 0 aliphatic heterocycles. The fourth-order valence-corrected chi connectivity index (χ4v) is 2.75. The van der Waals surface area contributed by atoms with E-state index in [0.717, 1.165) is 11.8 Å². The van der Waals surface area contributed by atoms with E-state index in [1.165, 1.54) is 13.1 Å². The molecule has 0 saturated heterocycles. The summed E-state index contributed by atoms with van der Waals surface area (Å²) < 4.78 is 38.3. The number of anilines is 1. The van der Waals surface area contributed by atoms with Crippen LogP contribution in [-0.4, -0.2) is 17.0 Å². The number of benzene rings is 1. The molecule has 0 aliphatic carbocycles. The topological polar surface area (TPSA) is 37.8 Å². The lowest BCUT2D eigenvalue weighted by Crippen LogP contribution is -2.12. The highest BCUT2D eigenvalue weighted by atomic mass is 35.5. The van der Waals surface area contributed by atoms with Crippen LogP contribution < -0.4 is 5.32 Å². The van der Waals surface area contributed by atoms with E-state index in [-0.39, 0.29) is 10.8 Å². The van der Waals surface area contributed by atoms with Crippen LogP contribution in [0.25, 0.3) is 0 Å². The Morgan fingerprint density at radius 3 is 2.48 bits per heavy atom. The van der Waals surface area contributed by atoms with Gasteiger partial charge in [0, 0.05) is 23.0 Å². The first-order chi connectivity index (χ1) is 9.79. The molecule has 0 fully saturated rings. The number of nitrogens with one attached hydrogen (secondary N) is 1. The standard InChI is InChI=1S/C12H8Cl2F3N3S/c1-18-9-5-10(20-11(19-9)12(15,16)17)21-8-4-6(13)2-3-7(8)14/h2-5H,1H3,(H,18,19,20). The van der Waals surface area contributed by atoms with Gasteiger partial charge in [0.2, 0.25) is 5.82 Å². The second-order valence-electron chi connectivity index (χ2n) is 3.84. The molecule has 112 valence electrons. The summed E-state index contributed by atoms with van der Waals surface area (Å²) in [5, 5.41) is 3.49. The molecule has 21 heavy (non-hydrogen) atoms. The predicted octanol–water partition coefficient (Wildman–Crippen LogP) is 5.00. The molecule has 1 N–H and O–H groups in total. The molecule has 0 atom stereocenters. The summed E-state index contributed by atoms with van der Waals surface area (Å²) in [6.45, 7) is 0. The van der Waals surface area contributed by atoms with E-state index in [2.05, 4.69) is 15.3 Å². The van der Waals surface area contributed by atoms with Crippen molar-refractivity contribution in [3.8, 4) is 0 Å². The first-order valence-electron chi connectivity index (χ1n) is 5.56. The Kier molecular flexibility index (Phi) is 4.85. The lowest BCUT2D eigenvalue weighted by atomic mass is 10.4. The summed E-state index contributed by atoms with van der Waals surface area (Å²) in [7, 11) is 1.48. The zero-order valence-electron chi connectivity index (χ0n) is 10.5. The number of aromatic nitrogens is 2. The quantitative estimate of drug-likeness (QED) is 0.788. The average Bonchev–Trinajstić information content (AvgIpc) is 2.41. The molecule has 0 bridgehead atoms. The number of hydrogen-bond acceptors (Lipinski definition) is 4. The van der Waals surface area contributed by atoms with Gasteiger partial charge in [-0.3, -0.25) is 0 Å². The zero-order valence-corrected chi connectivity index (χ0v) is 12.8. The molecule has 0 spiro atoms. The molecule has 2 aromatic rings. The number of halogens is 5. The van der Waals surface area contributed by atoms with Crippen molar-refractivity contribution in [3.63, 3.8) is 0 Å². The van der Waals surface area contributed by atoms with Crippen molar-refractivity contribution in [2.45, 2.75) is 16.1 Å². The van der Waals surface area contributed by atoms with Crippen molar-refractivity contribution in [3.05, 3.63) is 40.1 Å². The molecule has 1 aromatic heterocycles. The number of rotatable bonds is 3. The Morgan fingerprint density at radius 1 is 1.14 bits per heavy atom. The largest absolute Gasteiger partial charge is 0.451 e. The van der Waals surface area contributed by atoms with Gasteiger partial charge < -0.3 is 5.32 Å². The first-order valence-corrected chi connectivity index (χ1v) is 7.14. The lowest BCUT2D eigenvalue weighted by Gasteiger charge is -2.10. The Morgan fingerprint density at radius 2 is 1.86 bits per heavy atom. The Balaban J connectivity index is 2.42. The summed E-state index contributed by atoms with van der Waals surface area (Å²) in [5.41, 5.74) is 0. The van der Waals surface area contributed by atoms with E-state index >= 15 is 0 Å². The molecule has 1 heterocycles. The maximum atomic E-state index is 12.8. The fourth-order valence-electron chi connectivity index (χ4n) is 1.40. The van der Waals surface area contributed by atoms with Gasteiger partial charge in [-0.1, -0.05) is 35.0 Å². The van der Waals surface area contributed by atoms with Gasteiger partial charge in [-0.25, -0.2) is 9.97 Å². The van der Waals surface area contributed by atoms with Crippen LogP contribution in [0.1, 0.15) is 5.82 Å². The molecule has 0 unspecified atom stereocenters. The Hall–Kier alpha value is -1.18. The molecule has 2 rings (SSSR count). The van der Waals surface area contributed by atoms with E-state index in [1.54, 1.807) is 18.2 Å². The van der Waals surface area contributed by atoms with Crippen LogP contribution in [0, 0.1) is 0 Å². The van der Waals surface area contributed by atoms with Crippen molar-refractivity contribution >= 4 is 40.8 Å². The van der Waals surface area contributed by atoms with Crippen LogP contribution in [0.5, 0.6) is 0 Å². The van der Waals surface area contributed by atoms with E-state index in [9.17, 15) is 13.2 Å². The van der Waals surface area contributed by atoms with E-state index in [1.807, 2.05) is 0 Å². The van der Waals surface area contributed by atoms with E-state index < -0.39 is 12.0 Å². The minimum absolute atomic E-state index is 0.0676. The number of nitrogens with zero attached hydrogens (tertiary/aromatic N) is 2. The van der Waals surface area contributed by atoms with Gasteiger partial charge in [0.25, 0.3) is 0 Å². The molecule has 0 aliphatic rings. The summed E-state index contributed by atoms with van der Waals surface area (Å²) in [6.07, 6.45) is -4.62. The van der Waals surface area contributed by atoms with Crippen LogP contribution in [0.3, 0.4) is 0 Å². The maximum Gasteiger partial charge on any atom is 0.451 e. The van der Waals surface area contributed by atoms with Crippen LogP contribution in [-0.2, 0) is 6.18 Å². The molecule has 0 radical (unpaired) electrons. The predicted molar refractivity (Wildman–Crippen MR) is 77.2 cm³/mol. The van der Waals surface area contributed by atoms with Gasteiger partial charge in [-0.2, -0.15) is 13.2 Å². The van der Waals surface area contributed by atoms with Crippen molar-refractivity contribution < 1.29 is 13.2 Å². The van der Waals surface area contributed by atoms with E-state index in [4.69, 9.17) is 23.2 Å². The van der Waals surface area contributed by atoms with E-state index in [0.29, 0.717) is 14.9 Å². The Bertz CT molecular complexity index is 665. The third kappa shape index (κ3) is 4.15. The van der Waals surface area contributed by atoms with Crippen molar-refractivity contribution in [1.82, 2.24) is 9.97 Å². The molecule has 3 nitrogen and oxygen atoms in total. The lowest BCUT2D eigenvalue weighted by molar-refractivity contribution is -0.145. The highest BCUT2D eigenvalue weighted by molar-refractivity contribution is 7.99. The monoisotopic (exact) mass is 353 g/mol. The Labute approximate surface area is 132 Å². The van der Waals surface area contributed by atoms with Crippen molar-refractivity contribution in [2.24, 2.45) is 0 Å². The molecule has 0 saturated carbocycles. The maximum absolute atomic E-state index is 12.8. The summed E-state index contributed by atoms with van der Waals surface area (Å²) in [6, 6.07) is 6.12. The van der Waals surface area contributed by atoms with Crippen LogP contribution in [0.4, 0.5) is 19.0 Å². The smallest absolute Gasteiger partial charge is 0.373 e. The van der Waals surface area contributed by atoms with Gasteiger partial charge in [0.1, 0.15) is 10.8 Å². The minimum atomic E-state index is -4.62. The fraction of sp³-hybridized carbons (Fsp3) is 0.167. The summed E-state index contributed by atoms with van der Waals surface area (Å²) in [5.74, 6) is -1.15. The van der Waals surface area contributed by atoms with Gasteiger partial charge in [-0.05, 0) is 18.2 Å². The van der Waals surface area contributed by atoms with Crippen molar-refractivity contribution in [2.75, 3.05) is 12.4 Å². The number of hydrogen-bond donors (Lipinski definition) is 1. The zero-order chi connectivity index (χ0) is 15.6. The highest BCUT2D eigenvalue weighted by Crippen LogP contribution is 2.36. The van der Waals surface area contributed by atoms with Gasteiger partial charge in [0.15, 0.2) is 0 Å². The summed E-state index contributed by atoms with van der Waals surface area (Å²) >= 11 is 12.8. The normalized spacial score (nSPS) is 11.5. The third-order valence-corrected chi connectivity index (χ3v) is 3.97. The second-order valence-corrected chi connectivity index (χ2v) is 5.75. The third-order valence-electron chi connectivity index (χ3n) is 2.32. The molecular formula is C12H8Cl2F3N3S. The number of alkyl halides is 3. The minimum Gasteiger partial charge on any atom is -0.373 e. The molecule has 1 aromatic carbocycles. The highest BCUT2D eigenvalue weighted by Gasteiger charge is 2.35. The van der Waals surface area contributed by atoms with Crippen molar-refractivity contribution in [1.29, 1.82) is 0 Å². The van der Waals surface area contributed by atoms with Gasteiger partial charge in [0.05, 0.1) is 5.02 Å². The van der Waals surface area contributed by atoms with Crippen LogP contribution in [0.15, 0.2) is 34.2 Å². The molecular weight excluding hydrogens is 346 g/mol.